The number of ether oxygens (including phenoxy) is 3. The van der Waals surface area contributed by atoms with E-state index in [-0.39, 0.29) is 29.7 Å². The summed E-state index contributed by atoms with van der Waals surface area (Å²) >= 11 is 2.90. The van der Waals surface area contributed by atoms with Crippen molar-refractivity contribution in [3.8, 4) is 11.8 Å². The number of halogens is 1. The Balaban J connectivity index is 0.000000798. The molecule has 0 aliphatic carbocycles. The van der Waals surface area contributed by atoms with Crippen LogP contribution in [0.5, 0.6) is 5.75 Å². The SMILES string of the molecule is COC(=O)CBr.COC(=O)COc1ccc(C(=O)Nc2cc(NC(=O)c3ccc(C#N)cc3)ccc2C)cc1. The second-order valence-electron chi connectivity index (χ2n) is 7.73. The average Bonchev–Trinajstić information content (AvgIpc) is 2.97. The predicted octanol–water partition coefficient (Wildman–Crippen LogP) is 4.48. The van der Waals surface area contributed by atoms with Crippen LogP contribution >= 0.6 is 15.9 Å². The van der Waals surface area contributed by atoms with Crippen molar-refractivity contribution in [2.24, 2.45) is 0 Å². The fourth-order valence-corrected chi connectivity index (χ4v) is 3.12. The number of alkyl halides is 1. The first-order chi connectivity index (χ1) is 18.7. The number of carbonyl (C=O) groups excluding carboxylic acids is 4. The van der Waals surface area contributed by atoms with E-state index in [2.05, 4.69) is 36.0 Å². The fourth-order valence-electron chi connectivity index (χ4n) is 2.89. The van der Waals surface area contributed by atoms with Gasteiger partial charge in [-0.2, -0.15) is 5.26 Å². The topological polar surface area (TPSA) is 144 Å². The van der Waals surface area contributed by atoms with Crippen LogP contribution in [-0.4, -0.2) is 49.9 Å². The van der Waals surface area contributed by atoms with Crippen molar-refractivity contribution < 1.29 is 33.4 Å². The Hall–Kier alpha value is -4.69. The van der Waals surface area contributed by atoms with E-state index in [1.54, 1.807) is 66.7 Å². The number of amides is 2. The van der Waals surface area contributed by atoms with E-state index in [9.17, 15) is 19.2 Å². The van der Waals surface area contributed by atoms with Gasteiger partial charge < -0.3 is 24.8 Å². The minimum Gasteiger partial charge on any atom is -0.482 e. The second kappa shape index (κ2) is 15.5. The number of hydrogen-bond donors (Lipinski definition) is 2. The molecule has 0 aliphatic heterocycles. The van der Waals surface area contributed by atoms with Crippen molar-refractivity contribution in [2.45, 2.75) is 6.92 Å². The number of nitrogens with zero attached hydrogens (tertiary/aromatic N) is 1. The number of carbonyl (C=O) groups is 4. The lowest BCUT2D eigenvalue weighted by Crippen LogP contribution is -2.15. The summed E-state index contributed by atoms with van der Waals surface area (Å²) in [5.74, 6) is -0.981. The van der Waals surface area contributed by atoms with Crippen molar-refractivity contribution >= 4 is 51.1 Å². The zero-order valence-electron chi connectivity index (χ0n) is 21.4. The van der Waals surface area contributed by atoms with Gasteiger partial charge in [0, 0.05) is 22.5 Å². The number of esters is 2. The van der Waals surface area contributed by atoms with Crippen LogP contribution in [0.4, 0.5) is 11.4 Å². The maximum Gasteiger partial charge on any atom is 0.343 e. The minimum atomic E-state index is -0.501. The smallest absolute Gasteiger partial charge is 0.343 e. The molecule has 3 aromatic carbocycles. The highest BCUT2D eigenvalue weighted by Crippen LogP contribution is 2.22. The third-order valence-corrected chi connectivity index (χ3v) is 5.52. The lowest BCUT2D eigenvalue weighted by molar-refractivity contribution is -0.143. The maximum absolute atomic E-state index is 12.7. The van der Waals surface area contributed by atoms with Gasteiger partial charge >= 0.3 is 11.9 Å². The minimum absolute atomic E-state index is 0.220. The molecule has 0 fully saturated rings. The largest absolute Gasteiger partial charge is 0.482 e. The number of nitrogens with one attached hydrogen (secondary N) is 2. The predicted molar refractivity (Wildman–Crippen MR) is 148 cm³/mol. The van der Waals surface area contributed by atoms with E-state index in [4.69, 9.17) is 10.00 Å². The summed E-state index contributed by atoms with van der Waals surface area (Å²) < 4.78 is 14.0. The van der Waals surface area contributed by atoms with Gasteiger partial charge in [-0.15, -0.1) is 0 Å². The molecule has 10 nitrogen and oxygen atoms in total. The monoisotopic (exact) mass is 595 g/mol. The van der Waals surface area contributed by atoms with E-state index >= 15 is 0 Å². The van der Waals surface area contributed by atoms with E-state index < -0.39 is 5.97 Å². The molecular formula is C28H26BrN3O7. The third-order valence-electron chi connectivity index (χ3n) is 5.06. The van der Waals surface area contributed by atoms with Crippen LogP contribution in [0.3, 0.4) is 0 Å². The quantitative estimate of drug-likeness (QED) is 0.286. The summed E-state index contributed by atoms with van der Waals surface area (Å²) in [4.78, 5) is 46.2. The van der Waals surface area contributed by atoms with E-state index in [1.165, 1.54) is 14.2 Å². The second-order valence-corrected chi connectivity index (χ2v) is 8.29. The van der Waals surface area contributed by atoms with Crippen LogP contribution in [0.15, 0.2) is 66.7 Å². The summed E-state index contributed by atoms with van der Waals surface area (Å²) in [6, 6.07) is 19.8. The van der Waals surface area contributed by atoms with Crippen LogP contribution < -0.4 is 15.4 Å². The normalized spacial score (nSPS) is 9.62. The standard InChI is InChI=1S/C25H21N3O5.C3H5BrO2/c1-16-3-10-20(27-24(30)18-6-4-17(14-26)5-7-18)13-22(16)28-25(31)19-8-11-21(12-9-19)33-15-23(29)32-2;1-6-3(5)2-4/h3-13H,15H2,1-2H3,(H,27,30)(H,28,31);2H2,1H3. The molecule has 0 aromatic heterocycles. The van der Waals surface area contributed by atoms with Crippen molar-refractivity contribution in [3.63, 3.8) is 0 Å². The Labute approximate surface area is 234 Å². The Bertz CT molecular complexity index is 1350. The Morgan fingerprint density at radius 3 is 1.90 bits per heavy atom. The Morgan fingerprint density at radius 1 is 0.821 bits per heavy atom. The number of rotatable bonds is 8. The molecule has 0 atom stereocenters. The molecule has 202 valence electrons. The molecule has 0 aliphatic rings. The molecule has 3 rings (SSSR count). The first-order valence-corrected chi connectivity index (χ1v) is 12.5. The highest BCUT2D eigenvalue weighted by Gasteiger charge is 2.11. The van der Waals surface area contributed by atoms with Gasteiger partial charge in [0.2, 0.25) is 0 Å². The lowest BCUT2D eigenvalue weighted by Gasteiger charge is -2.12. The van der Waals surface area contributed by atoms with Crippen molar-refractivity contribution in [2.75, 3.05) is 36.8 Å². The number of nitriles is 1. The molecule has 0 bridgehead atoms. The summed E-state index contributed by atoms with van der Waals surface area (Å²) in [6.45, 7) is 1.62. The van der Waals surface area contributed by atoms with Crippen LogP contribution in [0.1, 0.15) is 31.8 Å². The first kappa shape index (κ1) is 30.5. The van der Waals surface area contributed by atoms with Crippen molar-refractivity contribution in [1.82, 2.24) is 0 Å². The van der Waals surface area contributed by atoms with Gasteiger partial charge in [0.25, 0.3) is 11.8 Å². The Morgan fingerprint density at radius 2 is 1.38 bits per heavy atom. The van der Waals surface area contributed by atoms with Gasteiger partial charge in [0.15, 0.2) is 6.61 Å². The molecule has 0 radical (unpaired) electrons. The van der Waals surface area contributed by atoms with E-state index in [0.29, 0.717) is 33.8 Å². The number of anilines is 2. The van der Waals surface area contributed by atoms with Crippen molar-refractivity contribution in [3.05, 3.63) is 89.0 Å². The zero-order valence-corrected chi connectivity index (χ0v) is 23.0. The van der Waals surface area contributed by atoms with E-state index in [1.807, 2.05) is 13.0 Å². The first-order valence-electron chi connectivity index (χ1n) is 11.4. The number of benzene rings is 3. The summed E-state index contributed by atoms with van der Waals surface area (Å²) in [7, 11) is 2.62. The van der Waals surface area contributed by atoms with E-state index in [0.717, 1.165) is 5.56 Å². The molecule has 0 saturated heterocycles. The highest BCUT2D eigenvalue weighted by atomic mass is 79.9. The Kier molecular flexibility index (Phi) is 12.2. The van der Waals surface area contributed by atoms with Gasteiger partial charge in [-0.05, 0) is 73.2 Å². The molecule has 3 aromatic rings. The van der Waals surface area contributed by atoms with Gasteiger partial charge in [0.1, 0.15) is 11.1 Å². The summed E-state index contributed by atoms with van der Waals surface area (Å²) in [5.41, 5.74) is 3.15. The van der Waals surface area contributed by atoms with Gasteiger partial charge in [-0.25, -0.2) is 4.79 Å². The third kappa shape index (κ3) is 9.94. The van der Waals surface area contributed by atoms with Gasteiger partial charge in [-0.1, -0.05) is 22.0 Å². The molecule has 2 N–H and O–H groups in total. The van der Waals surface area contributed by atoms with Crippen molar-refractivity contribution in [1.29, 1.82) is 5.26 Å². The number of aryl methyl sites for hydroxylation is 1. The fraction of sp³-hybridized carbons (Fsp3) is 0.179. The summed E-state index contributed by atoms with van der Waals surface area (Å²) in [6.07, 6.45) is 0. The molecule has 0 heterocycles. The average molecular weight is 596 g/mol. The molecule has 2 amide bonds. The number of hydrogen-bond acceptors (Lipinski definition) is 8. The van der Waals surface area contributed by atoms with Crippen LogP contribution in [-0.2, 0) is 19.1 Å². The maximum atomic E-state index is 12.7. The molecule has 0 saturated carbocycles. The summed E-state index contributed by atoms with van der Waals surface area (Å²) in [5, 5.41) is 14.8. The lowest BCUT2D eigenvalue weighted by atomic mass is 10.1. The van der Waals surface area contributed by atoms with Gasteiger partial charge in [0.05, 0.1) is 25.9 Å². The molecular weight excluding hydrogens is 570 g/mol. The number of methoxy groups -OCH3 is 2. The van der Waals surface area contributed by atoms with Crippen LogP contribution in [0.25, 0.3) is 0 Å². The molecule has 0 spiro atoms. The van der Waals surface area contributed by atoms with Crippen LogP contribution in [0, 0.1) is 18.3 Å². The van der Waals surface area contributed by atoms with Crippen LogP contribution in [0.2, 0.25) is 0 Å². The highest BCUT2D eigenvalue weighted by molar-refractivity contribution is 9.09. The van der Waals surface area contributed by atoms with Gasteiger partial charge in [-0.3, -0.25) is 14.4 Å². The molecule has 39 heavy (non-hydrogen) atoms. The zero-order chi connectivity index (χ0) is 28.8. The molecule has 0 unspecified atom stereocenters. The molecule has 11 heteroatoms.